The van der Waals surface area contributed by atoms with E-state index < -0.39 is 11.7 Å². The lowest BCUT2D eigenvalue weighted by molar-refractivity contribution is 0.0995. The van der Waals surface area contributed by atoms with Crippen LogP contribution in [0.1, 0.15) is 27.3 Å². The molecular weight excluding hydrogens is 357 g/mol. The van der Waals surface area contributed by atoms with Gasteiger partial charge in [-0.1, -0.05) is 54.1 Å². The summed E-state index contributed by atoms with van der Waals surface area (Å²) in [6.07, 6.45) is 2.61. The first-order valence-electron chi connectivity index (χ1n) is 7.67. The normalized spacial score (nSPS) is 10.5. The van der Waals surface area contributed by atoms with Crippen LogP contribution >= 0.6 is 11.6 Å². The molecule has 0 fully saturated rings. The standard InChI is InChI=1S/C19H14ClFN3O2/c20-18-14(23-10-15(24-18)19(22)25)9-13-7-4-8-16(17(13)21)26-11-12-5-2-1-3-6-12/h1-10H,11H2,(H2,22,25). The highest BCUT2D eigenvalue weighted by Crippen LogP contribution is 2.26. The number of hydrogen-bond acceptors (Lipinski definition) is 4. The van der Waals surface area contributed by atoms with Crippen LogP contribution in [0.5, 0.6) is 5.75 Å². The lowest BCUT2D eigenvalue weighted by Crippen LogP contribution is -2.14. The molecule has 26 heavy (non-hydrogen) atoms. The van der Waals surface area contributed by atoms with Gasteiger partial charge >= 0.3 is 0 Å². The molecule has 3 aromatic rings. The number of hydrogen-bond donors (Lipinski definition) is 1. The molecule has 0 aliphatic heterocycles. The molecule has 7 heteroatoms. The quantitative estimate of drug-likeness (QED) is 0.719. The second kappa shape index (κ2) is 7.93. The summed E-state index contributed by atoms with van der Waals surface area (Å²) < 4.78 is 20.2. The molecule has 1 heterocycles. The number of amides is 1. The van der Waals surface area contributed by atoms with Gasteiger partial charge in [0.05, 0.1) is 11.9 Å². The molecule has 0 bridgehead atoms. The summed E-state index contributed by atoms with van der Waals surface area (Å²) in [5.74, 6) is -1.17. The molecule has 131 valence electrons. The zero-order chi connectivity index (χ0) is 18.5. The molecule has 1 aromatic heterocycles. The third-order valence-electron chi connectivity index (χ3n) is 3.53. The molecule has 0 aliphatic rings. The van der Waals surface area contributed by atoms with Crippen LogP contribution < -0.4 is 10.5 Å². The first-order chi connectivity index (χ1) is 12.5. The van der Waals surface area contributed by atoms with E-state index in [9.17, 15) is 9.18 Å². The lowest BCUT2D eigenvalue weighted by atomic mass is 10.1. The van der Waals surface area contributed by atoms with E-state index in [1.807, 2.05) is 30.3 Å². The maximum atomic E-state index is 14.7. The fourth-order valence-electron chi connectivity index (χ4n) is 2.22. The largest absolute Gasteiger partial charge is 0.486 e. The van der Waals surface area contributed by atoms with Crippen LogP contribution in [-0.4, -0.2) is 15.9 Å². The average Bonchev–Trinajstić information content (AvgIpc) is 2.64. The Morgan fingerprint density at radius 3 is 2.65 bits per heavy atom. The number of ether oxygens (including phenoxy) is 1. The van der Waals surface area contributed by atoms with Crippen molar-refractivity contribution in [3.8, 4) is 5.75 Å². The maximum Gasteiger partial charge on any atom is 0.268 e. The van der Waals surface area contributed by atoms with Crippen LogP contribution in [-0.2, 0) is 6.61 Å². The number of nitrogens with two attached hydrogens (primary N) is 1. The summed E-state index contributed by atoms with van der Waals surface area (Å²) in [7, 11) is 0. The smallest absolute Gasteiger partial charge is 0.268 e. The van der Waals surface area contributed by atoms with Gasteiger partial charge < -0.3 is 10.5 Å². The highest BCUT2D eigenvalue weighted by molar-refractivity contribution is 6.30. The molecule has 5 nitrogen and oxygen atoms in total. The maximum absolute atomic E-state index is 14.7. The van der Waals surface area contributed by atoms with Gasteiger partial charge in [0.2, 0.25) is 0 Å². The van der Waals surface area contributed by atoms with E-state index in [1.165, 1.54) is 12.6 Å². The second-order valence-electron chi connectivity index (χ2n) is 5.37. The Morgan fingerprint density at radius 1 is 1.19 bits per heavy atom. The Bertz CT molecular complexity index is 935. The van der Waals surface area contributed by atoms with Crippen LogP contribution in [0.2, 0.25) is 5.15 Å². The fraction of sp³-hybridized carbons (Fsp3) is 0.0526. The van der Waals surface area contributed by atoms with Gasteiger partial charge in [0, 0.05) is 12.0 Å². The van der Waals surface area contributed by atoms with Gasteiger partial charge in [-0.25, -0.2) is 9.37 Å². The van der Waals surface area contributed by atoms with Crippen LogP contribution in [0.15, 0.2) is 54.7 Å². The van der Waals surface area contributed by atoms with Crippen molar-refractivity contribution in [3.63, 3.8) is 0 Å². The molecule has 0 saturated heterocycles. The lowest BCUT2D eigenvalue weighted by Gasteiger charge is -2.10. The SMILES string of the molecule is NC(=O)c1cnc([CH]c2cccc(OCc3ccccc3)c2F)c(Cl)n1. The Kier molecular flexibility index (Phi) is 5.43. The van der Waals surface area contributed by atoms with Gasteiger partial charge in [-0.05, 0) is 11.6 Å². The Labute approximate surface area is 154 Å². The van der Waals surface area contributed by atoms with E-state index in [1.54, 1.807) is 18.2 Å². The van der Waals surface area contributed by atoms with Crippen molar-refractivity contribution in [1.82, 2.24) is 9.97 Å². The summed E-state index contributed by atoms with van der Waals surface area (Å²) in [4.78, 5) is 18.9. The molecule has 0 aliphatic carbocycles. The molecule has 0 unspecified atom stereocenters. The minimum Gasteiger partial charge on any atom is -0.486 e. The Hall–Kier alpha value is -2.99. The number of nitrogens with zero attached hydrogens (tertiary/aromatic N) is 2. The number of carbonyl (C=O) groups is 1. The zero-order valence-electron chi connectivity index (χ0n) is 13.5. The highest BCUT2D eigenvalue weighted by Gasteiger charge is 2.15. The molecule has 1 radical (unpaired) electrons. The molecule has 0 spiro atoms. The van der Waals surface area contributed by atoms with E-state index in [0.717, 1.165) is 5.56 Å². The average molecular weight is 371 g/mol. The predicted molar refractivity (Wildman–Crippen MR) is 95.2 cm³/mol. The van der Waals surface area contributed by atoms with Gasteiger partial charge in [0.15, 0.2) is 16.7 Å². The summed E-state index contributed by atoms with van der Waals surface area (Å²) in [5, 5.41) is -0.0451. The van der Waals surface area contributed by atoms with Crippen molar-refractivity contribution < 1.29 is 13.9 Å². The number of benzene rings is 2. The Morgan fingerprint density at radius 2 is 1.96 bits per heavy atom. The third-order valence-corrected chi connectivity index (χ3v) is 3.81. The summed E-state index contributed by atoms with van der Waals surface area (Å²) in [5.41, 5.74) is 6.44. The van der Waals surface area contributed by atoms with Gasteiger partial charge in [0.1, 0.15) is 12.3 Å². The first-order valence-corrected chi connectivity index (χ1v) is 8.04. The highest BCUT2D eigenvalue weighted by atomic mass is 35.5. The van der Waals surface area contributed by atoms with Gasteiger partial charge in [-0.3, -0.25) is 9.78 Å². The molecule has 0 atom stereocenters. The van der Waals surface area contributed by atoms with Gasteiger partial charge in [-0.2, -0.15) is 0 Å². The van der Waals surface area contributed by atoms with Crippen LogP contribution in [0.25, 0.3) is 0 Å². The summed E-state index contributed by atoms with van der Waals surface area (Å²) in [6, 6.07) is 14.2. The predicted octanol–water partition coefficient (Wildman–Crippen LogP) is 3.55. The van der Waals surface area contributed by atoms with Crippen molar-refractivity contribution in [2.45, 2.75) is 6.61 Å². The van der Waals surface area contributed by atoms with Crippen molar-refractivity contribution in [2.75, 3.05) is 0 Å². The minimum atomic E-state index is -0.742. The molecule has 2 N–H and O–H groups in total. The van der Waals surface area contributed by atoms with Crippen molar-refractivity contribution in [2.24, 2.45) is 5.73 Å². The zero-order valence-corrected chi connectivity index (χ0v) is 14.3. The number of aromatic nitrogens is 2. The van der Waals surface area contributed by atoms with Crippen molar-refractivity contribution in [3.05, 3.63) is 94.6 Å². The van der Waals surface area contributed by atoms with E-state index in [0.29, 0.717) is 0 Å². The third kappa shape index (κ3) is 4.15. The van der Waals surface area contributed by atoms with Crippen LogP contribution in [0.3, 0.4) is 0 Å². The molecule has 3 rings (SSSR count). The van der Waals surface area contributed by atoms with Gasteiger partial charge in [0.25, 0.3) is 5.91 Å². The van der Waals surface area contributed by atoms with E-state index in [2.05, 4.69) is 9.97 Å². The van der Waals surface area contributed by atoms with Crippen LogP contribution in [0, 0.1) is 12.2 Å². The molecule has 0 saturated carbocycles. The topological polar surface area (TPSA) is 78.1 Å². The number of carbonyl (C=O) groups excluding carboxylic acids is 1. The minimum absolute atomic E-state index is 0.0451. The first kappa shape index (κ1) is 17.8. The van der Waals surface area contributed by atoms with E-state index in [-0.39, 0.29) is 34.5 Å². The molecule has 1 amide bonds. The number of halogens is 2. The number of primary amides is 1. The monoisotopic (exact) mass is 370 g/mol. The van der Waals surface area contributed by atoms with Crippen molar-refractivity contribution >= 4 is 17.5 Å². The van der Waals surface area contributed by atoms with E-state index >= 15 is 0 Å². The molecule has 2 aromatic carbocycles. The summed E-state index contributed by atoms with van der Waals surface area (Å²) >= 11 is 5.99. The second-order valence-corrected chi connectivity index (χ2v) is 5.73. The van der Waals surface area contributed by atoms with Gasteiger partial charge in [-0.15, -0.1) is 0 Å². The van der Waals surface area contributed by atoms with Crippen LogP contribution in [0.4, 0.5) is 4.39 Å². The van der Waals surface area contributed by atoms with Crippen molar-refractivity contribution in [1.29, 1.82) is 0 Å². The molecular formula is C19H14ClFN3O2. The summed E-state index contributed by atoms with van der Waals surface area (Å²) in [6.45, 7) is 0.245. The Balaban J connectivity index is 1.78. The number of rotatable bonds is 6. The fourth-order valence-corrected chi connectivity index (χ4v) is 2.42. The van der Waals surface area contributed by atoms with E-state index in [4.69, 9.17) is 22.1 Å².